The molecule has 0 fully saturated rings. The van der Waals surface area contributed by atoms with Gasteiger partial charge in [0, 0.05) is 29.8 Å². The zero-order chi connectivity index (χ0) is 22.2. The summed E-state index contributed by atoms with van der Waals surface area (Å²) in [6, 6.07) is 10.2. The third-order valence-corrected chi connectivity index (χ3v) is 6.11. The Labute approximate surface area is 188 Å². The number of unbranched alkanes of at least 4 members (excludes halogenated alkanes) is 1. The first-order valence-corrected chi connectivity index (χ1v) is 11.4. The van der Waals surface area contributed by atoms with Gasteiger partial charge in [-0.15, -0.1) is 11.3 Å². The summed E-state index contributed by atoms with van der Waals surface area (Å²) in [5.74, 6) is 1.60. The van der Waals surface area contributed by atoms with Crippen LogP contribution in [0.3, 0.4) is 0 Å². The largest absolute Gasteiger partial charge is 0.496 e. The second-order valence-electron chi connectivity index (χ2n) is 7.51. The van der Waals surface area contributed by atoms with Gasteiger partial charge in [-0.25, -0.2) is 9.78 Å². The number of benzene rings is 1. The van der Waals surface area contributed by atoms with Gasteiger partial charge in [0.15, 0.2) is 0 Å². The quantitative estimate of drug-likeness (QED) is 0.312. The first-order valence-electron chi connectivity index (χ1n) is 10.5. The molecule has 2 aromatic heterocycles. The van der Waals surface area contributed by atoms with E-state index in [9.17, 15) is 4.79 Å². The SMILES string of the molecule is CCCCc1ncc(C=C(Cc2cccs2)C(=O)OC)n1Cc1ccc(OC)c(C)c1. The second-order valence-corrected chi connectivity index (χ2v) is 8.54. The van der Waals surface area contributed by atoms with E-state index in [0.29, 0.717) is 18.5 Å². The molecule has 0 radical (unpaired) electrons. The molecule has 0 saturated carbocycles. The van der Waals surface area contributed by atoms with Gasteiger partial charge in [-0.2, -0.15) is 0 Å². The van der Waals surface area contributed by atoms with Crippen LogP contribution in [0.25, 0.3) is 6.08 Å². The maximum absolute atomic E-state index is 12.5. The minimum atomic E-state index is -0.309. The molecule has 164 valence electrons. The number of imidazole rings is 1. The van der Waals surface area contributed by atoms with Gasteiger partial charge in [0.1, 0.15) is 11.6 Å². The molecule has 0 aliphatic heterocycles. The van der Waals surface area contributed by atoms with E-state index in [1.54, 1.807) is 18.4 Å². The van der Waals surface area contributed by atoms with Crippen LogP contribution in [0.1, 0.15) is 47.3 Å². The number of esters is 1. The fourth-order valence-electron chi connectivity index (χ4n) is 3.58. The molecule has 0 bridgehead atoms. The smallest absolute Gasteiger partial charge is 0.334 e. The van der Waals surface area contributed by atoms with Gasteiger partial charge in [0.05, 0.1) is 26.1 Å². The van der Waals surface area contributed by atoms with Gasteiger partial charge in [-0.3, -0.25) is 0 Å². The summed E-state index contributed by atoms with van der Waals surface area (Å²) in [7, 11) is 3.11. The number of ether oxygens (including phenoxy) is 2. The zero-order valence-electron chi connectivity index (χ0n) is 18.7. The van der Waals surface area contributed by atoms with Crippen LogP contribution in [0.15, 0.2) is 47.5 Å². The van der Waals surface area contributed by atoms with Gasteiger partial charge in [-0.1, -0.05) is 31.5 Å². The third-order valence-electron chi connectivity index (χ3n) is 5.24. The first-order chi connectivity index (χ1) is 15.0. The van der Waals surface area contributed by atoms with Gasteiger partial charge in [0.2, 0.25) is 0 Å². The Morgan fingerprint density at radius 1 is 1.26 bits per heavy atom. The van der Waals surface area contributed by atoms with Crippen molar-refractivity contribution in [2.24, 2.45) is 0 Å². The van der Waals surface area contributed by atoms with Crippen molar-refractivity contribution in [3.05, 3.63) is 75.0 Å². The second kappa shape index (κ2) is 11.0. The van der Waals surface area contributed by atoms with Crippen LogP contribution in [0.5, 0.6) is 5.75 Å². The van der Waals surface area contributed by atoms with Crippen molar-refractivity contribution in [2.45, 2.75) is 46.1 Å². The highest BCUT2D eigenvalue weighted by molar-refractivity contribution is 7.09. The lowest BCUT2D eigenvalue weighted by molar-refractivity contribution is -0.136. The van der Waals surface area contributed by atoms with E-state index < -0.39 is 0 Å². The number of thiophene rings is 1. The molecule has 3 aromatic rings. The van der Waals surface area contributed by atoms with Gasteiger partial charge >= 0.3 is 5.97 Å². The molecule has 0 saturated heterocycles. The van der Waals surface area contributed by atoms with Crippen LogP contribution in [0, 0.1) is 6.92 Å². The Kier molecular flexibility index (Phi) is 8.06. The summed E-state index contributed by atoms with van der Waals surface area (Å²) in [6.45, 7) is 4.91. The molecule has 2 heterocycles. The number of aryl methyl sites for hydroxylation is 2. The van der Waals surface area contributed by atoms with Gasteiger partial charge in [0.25, 0.3) is 0 Å². The predicted molar refractivity (Wildman–Crippen MR) is 126 cm³/mol. The molecule has 1 aromatic carbocycles. The minimum absolute atomic E-state index is 0.309. The Bertz CT molecular complexity index is 1040. The molecule has 31 heavy (non-hydrogen) atoms. The van der Waals surface area contributed by atoms with Crippen LogP contribution in [-0.2, 0) is 28.9 Å². The number of carbonyl (C=O) groups excluding carboxylic acids is 1. The van der Waals surface area contributed by atoms with Crippen LogP contribution in [0.2, 0.25) is 0 Å². The normalized spacial score (nSPS) is 11.5. The minimum Gasteiger partial charge on any atom is -0.496 e. The van der Waals surface area contributed by atoms with Crippen molar-refractivity contribution >= 4 is 23.4 Å². The van der Waals surface area contributed by atoms with Crippen LogP contribution in [-0.4, -0.2) is 29.7 Å². The van der Waals surface area contributed by atoms with E-state index in [-0.39, 0.29) is 5.97 Å². The molecule has 0 atom stereocenters. The molecule has 0 spiro atoms. The predicted octanol–water partition coefficient (Wildman–Crippen LogP) is 5.45. The molecule has 0 N–H and O–H groups in total. The summed E-state index contributed by atoms with van der Waals surface area (Å²) in [4.78, 5) is 18.3. The van der Waals surface area contributed by atoms with E-state index in [2.05, 4.69) is 28.6 Å². The van der Waals surface area contributed by atoms with E-state index in [4.69, 9.17) is 9.47 Å². The average Bonchev–Trinajstić information content (AvgIpc) is 3.42. The van der Waals surface area contributed by atoms with E-state index in [1.165, 1.54) is 12.7 Å². The summed E-state index contributed by atoms with van der Waals surface area (Å²) in [5, 5.41) is 2.02. The number of carbonyl (C=O) groups is 1. The molecule has 3 rings (SSSR count). The third kappa shape index (κ3) is 5.85. The number of aromatic nitrogens is 2. The van der Waals surface area contributed by atoms with Crippen LogP contribution >= 0.6 is 11.3 Å². The van der Waals surface area contributed by atoms with E-state index in [1.807, 2.05) is 42.8 Å². The first kappa shape index (κ1) is 22.8. The maximum Gasteiger partial charge on any atom is 0.334 e. The topological polar surface area (TPSA) is 53.3 Å². The Morgan fingerprint density at radius 3 is 2.74 bits per heavy atom. The maximum atomic E-state index is 12.5. The average molecular weight is 439 g/mol. The number of nitrogens with zero attached hydrogens (tertiary/aromatic N) is 2. The fourth-order valence-corrected chi connectivity index (χ4v) is 4.30. The highest BCUT2D eigenvalue weighted by atomic mass is 32.1. The number of rotatable bonds is 10. The standard InChI is InChI=1S/C25H30N2O3S/c1-5-6-9-24-26-16-21(14-20(25(28)30-4)15-22-8-7-12-31-22)27(24)17-19-10-11-23(29-3)18(2)13-19/h7-8,10-14,16H,5-6,9,15,17H2,1-4H3. The van der Waals surface area contributed by atoms with E-state index in [0.717, 1.165) is 47.0 Å². The van der Waals surface area contributed by atoms with Gasteiger partial charge in [-0.05, 0) is 48.1 Å². The molecule has 0 aliphatic rings. The van der Waals surface area contributed by atoms with Crippen molar-refractivity contribution in [1.82, 2.24) is 9.55 Å². The molecular formula is C25H30N2O3S. The summed E-state index contributed by atoms with van der Waals surface area (Å²) >= 11 is 1.64. The lowest BCUT2D eigenvalue weighted by Gasteiger charge is -2.13. The van der Waals surface area contributed by atoms with Crippen LogP contribution < -0.4 is 4.74 Å². The molecule has 0 unspecified atom stereocenters. The lowest BCUT2D eigenvalue weighted by atomic mass is 10.1. The summed E-state index contributed by atoms with van der Waals surface area (Å²) < 4.78 is 12.7. The Morgan fingerprint density at radius 2 is 2.10 bits per heavy atom. The molecule has 0 amide bonds. The zero-order valence-corrected chi connectivity index (χ0v) is 19.5. The summed E-state index contributed by atoms with van der Waals surface area (Å²) in [6.07, 6.45) is 7.40. The van der Waals surface area contributed by atoms with Crippen molar-refractivity contribution < 1.29 is 14.3 Å². The van der Waals surface area contributed by atoms with E-state index >= 15 is 0 Å². The number of hydrogen-bond donors (Lipinski definition) is 0. The summed E-state index contributed by atoms with van der Waals surface area (Å²) in [5.41, 5.74) is 3.80. The van der Waals surface area contributed by atoms with Crippen molar-refractivity contribution in [3.8, 4) is 5.75 Å². The lowest BCUT2D eigenvalue weighted by Crippen LogP contribution is -2.10. The molecule has 0 aliphatic carbocycles. The van der Waals surface area contributed by atoms with Crippen molar-refractivity contribution in [3.63, 3.8) is 0 Å². The monoisotopic (exact) mass is 438 g/mol. The number of methoxy groups -OCH3 is 2. The Balaban J connectivity index is 1.98. The molecule has 5 nitrogen and oxygen atoms in total. The van der Waals surface area contributed by atoms with Crippen molar-refractivity contribution in [2.75, 3.05) is 14.2 Å². The van der Waals surface area contributed by atoms with Crippen LogP contribution in [0.4, 0.5) is 0 Å². The molecule has 6 heteroatoms. The highest BCUT2D eigenvalue weighted by Crippen LogP contribution is 2.23. The molecular weight excluding hydrogens is 408 g/mol. The van der Waals surface area contributed by atoms with Crippen molar-refractivity contribution in [1.29, 1.82) is 0 Å². The fraction of sp³-hybridized carbons (Fsp3) is 0.360. The van der Waals surface area contributed by atoms with Gasteiger partial charge < -0.3 is 14.0 Å². The number of hydrogen-bond acceptors (Lipinski definition) is 5. The Hall–Kier alpha value is -2.86. The highest BCUT2D eigenvalue weighted by Gasteiger charge is 2.15.